The first-order valence-corrected chi connectivity index (χ1v) is 10.5. The smallest absolute Gasteiger partial charge is 0.408 e. The standard InChI is InChI=1S/C23H37N3O3/c1-22(2,3)24-16-18-11-9-17(10-12-18)15-19(20(27)26-13-7-8-14-26)25-21(28)29-23(4,5)6/h9-12,19,24H,7-8,13-16H2,1-6H3,(H,25,28). The quantitative estimate of drug-likeness (QED) is 0.761. The van der Waals surface area contributed by atoms with Gasteiger partial charge in [-0.3, -0.25) is 4.79 Å². The number of nitrogens with zero attached hydrogens (tertiary/aromatic N) is 1. The summed E-state index contributed by atoms with van der Waals surface area (Å²) in [6.07, 6.45) is 1.92. The highest BCUT2D eigenvalue weighted by Crippen LogP contribution is 2.15. The van der Waals surface area contributed by atoms with Crippen LogP contribution in [0.4, 0.5) is 4.79 Å². The van der Waals surface area contributed by atoms with Gasteiger partial charge in [0, 0.05) is 31.6 Å². The molecule has 162 valence electrons. The lowest BCUT2D eigenvalue weighted by Crippen LogP contribution is -2.50. The van der Waals surface area contributed by atoms with Crippen LogP contribution >= 0.6 is 0 Å². The van der Waals surface area contributed by atoms with Crippen LogP contribution in [0.1, 0.15) is 65.5 Å². The normalized spacial score (nSPS) is 15.9. The minimum atomic E-state index is -0.624. The second-order valence-electron chi connectivity index (χ2n) is 9.86. The number of amides is 2. The van der Waals surface area contributed by atoms with Crippen LogP contribution in [0.25, 0.3) is 0 Å². The third kappa shape index (κ3) is 8.44. The summed E-state index contributed by atoms with van der Waals surface area (Å²) in [5, 5.41) is 6.26. The van der Waals surface area contributed by atoms with Gasteiger partial charge in [-0.25, -0.2) is 4.79 Å². The van der Waals surface area contributed by atoms with E-state index in [2.05, 4.69) is 43.5 Å². The Labute approximate surface area is 175 Å². The predicted molar refractivity (Wildman–Crippen MR) is 116 cm³/mol. The Bertz CT molecular complexity index is 681. The van der Waals surface area contributed by atoms with Gasteiger partial charge in [-0.05, 0) is 65.5 Å². The molecule has 0 aliphatic carbocycles. The number of rotatable bonds is 6. The molecule has 2 rings (SSSR count). The molecule has 1 unspecified atom stereocenters. The van der Waals surface area contributed by atoms with E-state index < -0.39 is 17.7 Å². The number of carbonyl (C=O) groups is 2. The van der Waals surface area contributed by atoms with E-state index in [0.29, 0.717) is 6.42 Å². The third-order valence-electron chi connectivity index (χ3n) is 4.69. The van der Waals surface area contributed by atoms with Gasteiger partial charge in [0.05, 0.1) is 0 Å². The minimum absolute atomic E-state index is 0.0353. The fourth-order valence-electron chi connectivity index (χ4n) is 3.20. The zero-order chi connectivity index (χ0) is 21.7. The lowest BCUT2D eigenvalue weighted by molar-refractivity contribution is -0.132. The molecule has 2 N–H and O–H groups in total. The van der Waals surface area contributed by atoms with Crippen molar-refractivity contribution in [2.75, 3.05) is 13.1 Å². The fourth-order valence-corrected chi connectivity index (χ4v) is 3.20. The first-order valence-electron chi connectivity index (χ1n) is 10.5. The van der Waals surface area contributed by atoms with Crippen molar-refractivity contribution in [2.45, 2.75) is 84.5 Å². The molecule has 1 atom stereocenters. The van der Waals surface area contributed by atoms with Crippen LogP contribution in [-0.4, -0.2) is 47.2 Å². The van der Waals surface area contributed by atoms with Crippen LogP contribution in [-0.2, 0) is 22.5 Å². The van der Waals surface area contributed by atoms with Crippen LogP contribution < -0.4 is 10.6 Å². The van der Waals surface area contributed by atoms with Crippen molar-refractivity contribution in [3.63, 3.8) is 0 Å². The Hall–Kier alpha value is -2.08. The molecule has 1 heterocycles. The van der Waals surface area contributed by atoms with Crippen molar-refractivity contribution >= 4 is 12.0 Å². The number of alkyl carbamates (subject to hydrolysis) is 1. The molecule has 1 fully saturated rings. The van der Waals surface area contributed by atoms with Gasteiger partial charge in [0.25, 0.3) is 0 Å². The van der Waals surface area contributed by atoms with E-state index in [-0.39, 0.29) is 11.4 Å². The van der Waals surface area contributed by atoms with Gasteiger partial charge in [0.2, 0.25) is 5.91 Å². The van der Waals surface area contributed by atoms with Gasteiger partial charge >= 0.3 is 6.09 Å². The highest BCUT2D eigenvalue weighted by molar-refractivity contribution is 5.86. The number of carbonyl (C=O) groups excluding carboxylic acids is 2. The second-order valence-corrected chi connectivity index (χ2v) is 9.86. The molecule has 0 radical (unpaired) electrons. The summed E-state index contributed by atoms with van der Waals surface area (Å²) in [4.78, 5) is 27.1. The molecule has 0 saturated carbocycles. The average molecular weight is 404 g/mol. The second kappa shape index (κ2) is 9.61. The molecule has 0 spiro atoms. The van der Waals surface area contributed by atoms with Crippen LogP contribution in [0.2, 0.25) is 0 Å². The Balaban J connectivity index is 2.05. The van der Waals surface area contributed by atoms with Crippen molar-refractivity contribution in [1.82, 2.24) is 15.5 Å². The molecule has 29 heavy (non-hydrogen) atoms. The van der Waals surface area contributed by atoms with Crippen LogP contribution in [0.15, 0.2) is 24.3 Å². The summed E-state index contributed by atoms with van der Waals surface area (Å²) >= 11 is 0. The Morgan fingerprint density at radius 2 is 1.55 bits per heavy atom. The monoisotopic (exact) mass is 403 g/mol. The zero-order valence-corrected chi connectivity index (χ0v) is 18.8. The first kappa shape index (κ1) is 23.2. The maximum absolute atomic E-state index is 13.0. The summed E-state index contributed by atoms with van der Waals surface area (Å²) < 4.78 is 5.37. The largest absolute Gasteiger partial charge is 0.444 e. The Morgan fingerprint density at radius 1 is 1.00 bits per heavy atom. The first-order chi connectivity index (χ1) is 13.4. The van der Waals surface area contributed by atoms with Crippen molar-refractivity contribution < 1.29 is 14.3 Å². The molecular weight excluding hydrogens is 366 g/mol. The maximum Gasteiger partial charge on any atom is 0.408 e. The molecule has 1 saturated heterocycles. The maximum atomic E-state index is 13.0. The molecule has 6 heteroatoms. The zero-order valence-electron chi connectivity index (χ0n) is 18.8. The summed E-state index contributed by atoms with van der Waals surface area (Å²) in [5.41, 5.74) is 1.65. The Kier molecular flexibility index (Phi) is 7.69. The number of ether oxygens (including phenoxy) is 1. The number of nitrogens with one attached hydrogen (secondary N) is 2. The van der Waals surface area contributed by atoms with Crippen molar-refractivity contribution in [3.05, 3.63) is 35.4 Å². The Morgan fingerprint density at radius 3 is 2.07 bits per heavy atom. The fraction of sp³-hybridized carbons (Fsp3) is 0.652. The number of hydrogen-bond donors (Lipinski definition) is 2. The van der Waals surface area contributed by atoms with Crippen LogP contribution in [0.5, 0.6) is 0 Å². The number of hydrogen-bond acceptors (Lipinski definition) is 4. The molecule has 6 nitrogen and oxygen atoms in total. The van der Waals surface area contributed by atoms with Gasteiger partial charge in [0.15, 0.2) is 0 Å². The van der Waals surface area contributed by atoms with Gasteiger partial charge in [-0.2, -0.15) is 0 Å². The summed E-state index contributed by atoms with van der Waals surface area (Å²) in [5.74, 6) is -0.0353. The van der Waals surface area contributed by atoms with Gasteiger partial charge in [-0.15, -0.1) is 0 Å². The molecule has 1 aromatic carbocycles. The van der Waals surface area contributed by atoms with E-state index in [1.165, 1.54) is 5.56 Å². The minimum Gasteiger partial charge on any atom is -0.444 e. The van der Waals surface area contributed by atoms with Crippen molar-refractivity contribution in [1.29, 1.82) is 0 Å². The molecule has 0 bridgehead atoms. The van der Waals surface area contributed by atoms with Crippen LogP contribution in [0.3, 0.4) is 0 Å². The molecular formula is C23H37N3O3. The average Bonchev–Trinajstić information content (AvgIpc) is 3.12. The lowest BCUT2D eigenvalue weighted by Gasteiger charge is -2.26. The van der Waals surface area contributed by atoms with E-state index in [1.54, 1.807) is 0 Å². The summed E-state index contributed by atoms with van der Waals surface area (Å²) in [6, 6.07) is 7.57. The highest BCUT2D eigenvalue weighted by Gasteiger charge is 2.29. The van der Waals surface area contributed by atoms with Crippen LogP contribution in [0, 0.1) is 0 Å². The third-order valence-corrected chi connectivity index (χ3v) is 4.69. The number of benzene rings is 1. The van der Waals surface area contributed by atoms with Gasteiger partial charge in [0.1, 0.15) is 11.6 Å². The SMILES string of the molecule is CC(C)(C)NCc1ccc(CC(NC(=O)OC(C)(C)C)C(=O)N2CCCC2)cc1. The molecule has 1 aliphatic heterocycles. The lowest BCUT2D eigenvalue weighted by atomic mass is 10.0. The highest BCUT2D eigenvalue weighted by atomic mass is 16.6. The van der Waals surface area contributed by atoms with Gasteiger partial charge in [-0.1, -0.05) is 24.3 Å². The van der Waals surface area contributed by atoms with Gasteiger partial charge < -0.3 is 20.3 Å². The van der Waals surface area contributed by atoms with E-state index >= 15 is 0 Å². The molecule has 2 amide bonds. The predicted octanol–water partition coefficient (Wildman–Crippen LogP) is 3.63. The van der Waals surface area contributed by atoms with Crippen molar-refractivity contribution in [3.8, 4) is 0 Å². The van der Waals surface area contributed by atoms with E-state index in [1.807, 2.05) is 37.8 Å². The van der Waals surface area contributed by atoms with E-state index in [9.17, 15) is 9.59 Å². The number of likely N-dealkylation sites (tertiary alicyclic amines) is 1. The molecule has 0 aromatic heterocycles. The molecule has 1 aromatic rings. The van der Waals surface area contributed by atoms with Crippen molar-refractivity contribution in [2.24, 2.45) is 0 Å². The topological polar surface area (TPSA) is 70.7 Å². The summed E-state index contributed by atoms with van der Waals surface area (Å²) in [6.45, 7) is 14.1. The van der Waals surface area contributed by atoms with E-state index in [4.69, 9.17) is 4.74 Å². The summed E-state index contributed by atoms with van der Waals surface area (Å²) in [7, 11) is 0. The molecule has 1 aliphatic rings. The van der Waals surface area contributed by atoms with E-state index in [0.717, 1.165) is 38.0 Å².